The smallest absolute Gasteiger partial charge is 0.125 e. The van der Waals surface area contributed by atoms with Crippen LogP contribution in [0.1, 0.15) is 38.3 Å². The van der Waals surface area contributed by atoms with Crippen LogP contribution >= 0.6 is 0 Å². The van der Waals surface area contributed by atoms with Crippen molar-refractivity contribution in [2.24, 2.45) is 11.7 Å². The molecule has 1 aromatic rings. The van der Waals surface area contributed by atoms with E-state index in [2.05, 4.69) is 32.0 Å². The minimum absolute atomic E-state index is 0.166. The Labute approximate surface area is 134 Å². The van der Waals surface area contributed by atoms with Crippen LogP contribution in [0, 0.1) is 5.92 Å². The minimum Gasteiger partial charge on any atom is -0.493 e. The van der Waals surface area contributed by atoms with Crippen molar-refractivity contribution in [3.63, 3.8) is 0 Å². The van der Waals surface area contributed by atoms with Gasteiger partial charge in [-0.05, 0) is 30.9 Å². The quantitative estimate of drug-likeness (QED) is 0.638. The number of methoxy groups -OCH3 is 1. The highest BCUT2D eigenvalue weighted by atomic mass is 16.5. The molecule has 2 N–H and O–H groups in total. The molecule has 0 aromatic heterocycles. The summed E-state index contributed by atoms with van der Waals surface area (Å²) in [6.07, 6.45) is 1.74. The molecule has 1 unspecified atom stereocenters. The van der Waals surface area contributed by atoms with Crippen molar-refractivity contribution in [2.45, 2.75) is 46.3 Å². The largest absolute Gasteiger partial charge is 0.493 e. The van der Waals surface area contributed by atoms with E-state index < -0.39 is 0 Å². The fraction of sp³-hybridized carbons (Fsp3) is 0.667. The Kier molecular flexibility index (Phi) is 9.13. The van der Waals surface area contributed by atoms with Crippen LogP contribution in [0.15, 0.2) is 18.2 Å². The van der Waals surface area contributed by atoms with Gasteiger partial charge in [-0.15, -0.1) is 0 Å². The zero-order valence-electron chi connectivity index (χ0n) is 14.4. The van der Waals surface area contributed by atoms with Crippen molar-refractivity contribution in [3.05, 3.63) is 29.3 Å². The first-order valence-electron chi connectivity index (χ1n) is 8.15. The van der Waals surface area contributed by atoms with Crippen molar-refractivity contribution in [1.82, 2.24) is 0 Å². The predicted molar refractivity (Wildman–Crippen MR) is 90.3 cm³/mol. The monoisotopic (exact) mass is 309 g/mol. The third kappa shape index (κ3) is 6.77. The molecule has 22 heavy (non-hydrogen) atoms. The van der Waals surface area contributed by atoms with Gasteiger partial charge in [0.05, 0.1) is 13.2 Å². The molecule has 0 aliphatic heterocycles. The maximum atomic E-state index is 6.17. The van der Waals surface area contributed by atoms with Gasteiger partial charge < -0.3 is 19.9 Å². The molecule has 1 rings (SSSR count). The molecule has 0 saturated carbocycles. The summed E-state index contributed by atoms with van der Waals surface area (Å²) in [5.41, 5.74) is 8.47. The lowest BCUT2D eigenvalue weighted by atomic mass is 9.96. The number of hydrogen-bond donors (Lipinski definition) is 1. The van der Waals surface area contributed by atoms with Crippen molar-refractivity contribution in [2.75, 3.05) is 26.9 Å². The molecule has 1 aromatic carbocycles. The maximum absolute atomic E-state index is 6.17. The summed E-state index contributed by atoms with van der Waals surface area (Å²) in [6, 6.07) is 6.48. The van der Waals surface area contributed by atoms with E-state index in [1.807, 2.05) is 6.92 Å². The van der Waals surface area contributed by atoms with E-state index in [9.17, 15) is 0 Å². The topological polar surface area (TPSA) is 53.7 Å². The molecule has 0 spiro atoms. The van der Waals surface area contributed by atoms with Crippen molar-refractivity contribution in [3.8, 4) is 5.75 Å². The molecule has 126 valence electrons. The van der Waals surface area contributed by atoms with Gasteiger partial charge in [-0.1, -0.05) is 26.0 Å². The Balaban J connectivity index is 2.76. The predicted octanol–water partition coefficient (Wildman–Crippen LogP) is 3.16. The summed E-state index contributed by atoms with van der Waals surface area (Å²) in [5, 5.41) is 0. The van der Waals surface area contributed by atoms with Crippen LogP contribution in [0.5, 0.6) is 5.75 Å². The fourth-order valence-corrected chi connectivity index (χ4v) is 2.08. The van der Waals surface area contributed by atoms with E-state index >= 15 is 0 Å². The van der Waals surface area contributed by atoms with E-state index in [-0.39, 0.29) is 6.04 Å². The Morgan fingerprint density at radius 2 is 1.95 bits per heavy atom. The molecule has 0 fully saturated rings. The molecule has 4 nitrogen and oxygen atoms in total. The number of rotatable bonds is 11. The summed E-state index contributed by atoms with van der Waals surface area (Å²) >= 11 is 0. The Morgan fingerprint density at radius 1 is 1.18 bits per heavy atom. The average molecular weight is 309 g/mol. The molecule has 0 radical (unpaired) electrons. The van der Waals surface area contributed by atoms with E-state index in [0.29, 0.717) is 32.3 Å². The molecule has 4 heteroatoms. The van der Waals surface area contributed by atoms with Crippen LogP contribution in [0.2, 0.25) is 0 Å². The second-order valence-electron chi connectivity index (χ2n) is 5.89. The zero-order valence-corrected chi connectivity index (χ0v) is 14.4. The van der Waals surface area contributed by atoms with E-state index in [0.717, 1.165) is 24.2 Å². The molecule has 0 bridgehead atoms. The first-order chi connectivity index (χ1) is 10.6. The standard InChI is InChI=1S/C18H31NO3/c1-5-21-13-16-8-7-15(11-17(19)14(2)3)12-18(16)22-10-6-9-20-4/h7-8,12,14,17H,5-6,9-11,13,19H2,1-4H3. The molecule has 0 aliphatic carbocycles. The molecule has 0 heterocycles. The van der Waals surface area contributed by atoms with Crippen molar-refractivity contribution >= 4 is 0 Å². The van der Waals surface area contributed by atoms with Gasteiger partial charge in [-0.2, -0.15) is 0 Å². The highest BCUT2D eigenvalue weighted by molar-refractivity contribution is 5.37. The molecule has 0 aliphatic rings. The first kappa shape index (κ1) is 18.9. The third-order valence-corrected chi connectivity index (χ3v) is 3.67. The first-order valence-corrected chi connectivity index (χ1v) is 8.15. The Morgan fingerprint density at radius 3 is 2.59 bits per heavy atom. The lowest BCUT2D eigenvalue weighted by Crippen LogP contribution is -2.28. The van der Waals surface area contributed by atoms with Crippen molar-refractivity contribution in [1.29, 1.82) is 0 Å². The minimum atomic E-state index is 0.166. The third-order valence-electron chi connectivity index (χ3n) is 3.67. The van der Waals surface area contributed by atoms with Gasteiger partial charge in [-0.3, -0.25) is 0 Å². The van der Waals surface area contributed by atoms with Gasteiger partial charge in [0.1, 0.15) is 5.75 Å². The van der Waals surface area contributed by atoms with Gasteiger partial charge in [0.2, 0.25) is 0 Å². The molecule has 0 saturated heterocycles. The van der Waals surface area contributed by atoms with Crippen LogP contribution in [-0.2, 0) is 22.5 Å². The van der Waals surface area contributed by atoms with Gasteiger partial charge in [0, 0.05) is 38.3 Å². The van der Waals surface area contributed by atoms with Crippen LogP contribution in [0.25, 0.3) is 0 Å². The summed E-state index contributed by atoms with van der Waals surface area (Å²) in [4.78, 5) is 0. The number of ether oxygens (including phenoxy) is 3. The number of benzene rings is 1. The SMILES string of the molecule is CCOCc1ccc(CC(N)C(C)C)cc1OCCCOC. The number of nitrogens with two attached hydrogens (primary N) is 1. The normalized spacial score (nSPS) is 12.6. The fourth-order valence-electron chi connectivity index (χ4n) is 2.08. The molecule has 0 amide bonds. The van der Waals surface area contributed by atoms with E-state index in [1.165, 1.54) is 5.56 Å². The Bertz CT molecular complexity index is 421. The molecular weight excluding hydrogens is 278 g/mol. The summed E-state index contributed by atoms with van der Waals surface area (Å²) in [5.74, 6) is 1.37. The zero-order chi connectivity index (χ0) is 16.4. The van der Waals surface area contributed by atoms with Crippen LogP contribution < -0.4 is 10.5 Å². The lowest BCUT2D eigenvalue weighted by molar-refractivity contribution is 0.129. The van der Waals surface area contributed by atoms with Crippen LogP contribution in [0.4, 0.5) is 0 Å². The second-order valence-corrected chi connectivity index (χ2v) is 5.89. The van der Waals surface area contributed by atoms with Crippen LogP contribution in [0.3, 0.4) is 0 Å². The summed E-state index contributed by atoms with van der Waals surface area (Å²) in [6.45, 7) is 8.92. The summed E-state index contributed by atoms with van der Waals surface area (Å²) in [7, 11) is 1.70. The highest BCUT2D eigenvalue weighted by Crippen LogP contribution is 2.23. The average Bonchev–Trinajstić information content (AvgIpc) is 2.50. The van der Waals surface area contributed by atoms with Gasteiger partial charge >= 0.3 is 0 Å². The molecular formula is C18H31NO3. The van der Waals surface area contributed by atoms with Crippen molar-refractivity contribution < 1.29 is 14.2 Å². The van der Waals surface area contributed by atoms with Gasteiger partial charge in [0.15, 0.2) is 0 Å². The number of hydrogen-bond acceptors (Lipinski definition) is 4. The lowest BCUT2D eigenvalue weighted by Gasteiger charge is -2.18. The molecule has 1 atom stereocenters. The van der Waals surface area contributed by atoms with Gasteiger partial charge in [-0.25, -0.2) is 0 Å². The maximum Gasteiger partial charge on any atom is 0.125 e. The second kappa shape index (κ2) is 10.6. The van der Waals surface area contributed by atoms with E-state index in [1.54, 1.807) is 7.11 Å². The summed E-state index contributed by atoms with van der Waals surface area (Å²) < 4.78 is 16.5. The Hall–Kier alpha value is -1.10. The van der Waals surface area contributed by atoms with Crippen LogP contribution in [-0.4, -0.2) is 33.0 Å². The highest BCUT2D eigenvalue weighted by Gasteiger charge is 2.11. The van der Waals surface area contributed by atoms with E-state index in [4.69, 9.17) is 19.9 Å². The van der Waals surface area contributed by atoms with Gasteiger partial charge in [0.25, 0.3) is 0 Å².